The molecule has 2 aromatic heterocycles. The topological polar surface area (TPSA) is 182 Å². The molecular weight excluding hydrogens is 853 g/mol. The third-order valence-electron chi connectivity index (χ3n) is 17.2. The van der Waals surface area contributed by atoms with Gasteiger partial charge in [0.1, 0.15) is 0 Å². The normalized spacial score (nSPS) is 28.3. The van der Waals surface area contributed by atoms with E-state index in [-0.39, 0.29) is 67.5 Å². The number of likely N-dealkylation sites (tertiary alicyclic amines) is 3. The molecule has 10 rings (SSSR count). The molecule has 358 valence electrons. The second kappa shape index (κ2) is 16.7. The molecule has 5 aliphatic heterocycles. The van der Waals surface area contributed by atoms with Gasteiger partial charge < -0.3 is 17.2 Å². The molecule has 0 unspecified atom stereocenters. The minimum absolute atomic E-state index is 0.110. The Morgan fingerprint density at radius 2 is 0.923 bits per heavy atom. The van der Waals surface area contributed by atoms with Crippen molar-refractivity contribution in [3.63, 3.8) is 0 Å². The number of sulfone groups is 2. The molecular formula is C51H78N8O4S2. The molecule has 3 saturated heterocycles. The highest BCUT2D eigenvalue weighted by atomic mass is 32.2. The largest absolute Gasteiger partial charge is 0.323 e. The first-order valence-electron chi connectivity index (χ1n) is 24.2. The highest BCUT2D eigenvalue weighted by Gasteiger charge is 2.69. The Balaban J connectivity index is 0.000000133. The number of hydrogen-bond acceptors (Lipinski definition) is 12. The van der Waals surface area contributed by atoms with Crippen LogP contribution in [-0.4, -0.2) is 109 Å². The lowest BCUT2D eigenvalue weighted by molar-refractivity contribution is 0.0128. The summed E-state index contributed by atoms with van der Waals surface area (Å²) < 4.78 is 50.7. The van der Waals surface area contributed by atoms with Crippen LogP contribution in [-0.2, 0) is 25.1 Å². The van der Waals surface area contributed by atoms with E-state index >= 15 is 0 Å². The quantitative estimate of drug-likeness (QED) is 0.208. The van der Waals surface area contributed by atoms with E-state index in [0.29, 0.717) is 15.9 Å². The molecule has 4 fully saturated rings. The van der Waals surface area contributed by atoms with Crippen LogP contribution in [0, 0.1) is 16.2 Å². The van der Waals surface area contributed by atoms with Crippen molar-refractivity contribution in [1.82, 2.24) is 24.7 Å². The first kappa shape index (κ1) is 48.6. The maximum Gasteiger partial charge on any atom is 0.196 e. The van der Waals surface area contributed by atoms with Crippen molar-refractivity contribution in [2.45, 2.75) is 164 Å². The first-order chi connectivity index (χ1) is 30.2. The molecule has 12 nitrogen and oxygen atoms in total. The van der Waals surface area contributed by atoms with Gasteiger partial charge in [0.25, 0.3) is 0 Å². The van der Waals surface area contributed by atoms with E-state index in [0.717, 1.165) is 57.4 Å². The maximum absolute atomic E-state index is 12.7. The van der Waals surface area contributed by atoms with Crippen LogP contribution in [0.2, 0.25) is 0 Å². The molecule has 2 aliphatic carbocycles. The van der Waals surface area contributed by atoms with Crippen LogP contribution in [0.1, 0.15) is 154 Å². The lowest BCUT2D eigenvalue weighted by atomic mass is 9.65. The molecule has 0 radical (unpaired) electrons. The third-order valence-corrected chi connectivity index (χ3v) is 21.1. The molecule has 65 heavy (non-hydrogen) atoms. The smallest absolute Gasteiger partial charge is 0.196 e. The van der Waals surface area contributed by atoms with Gasteiger partial charge in [-0.2, -0.15) is 0 Å². The highest BCUT2D eigenvalue weighted by molar-refractivity contribution is 7.91. The van der Waals surface area contributed by atoms with Crippen molar-refractivity contribution in [3.05, 3.63) is 83.3 Å². The number of aromatic nitrogens is 2. The molecule has 7 aliphatic rings. The molecule has 7 heterocycles. The van der Waals surface area contributed by atoms with Crippen LogP contribution in [0.4, 0.5) is 0 Å². The predicted octanol–water partition coefficient (Wildman–Crippen LogP) is 7.11. The number of nitrogens with two attached hydrogens (primary N) is 3. The van der Waals surface area contributed by atoms with Crippen molar-refractivity contribution in [1.29, 1.82) is 0 Å². The van der Waals surface area contributed by atoms with E-state index in [1.165, 1.54) is 56.2 Å². The zero-order valence-electron chi connectivity index (χ0n) is 40.7. The second-order valence-corrected chi connectivity index (χ2v) is 27.6. The summed E-state index contributed by atoms with van der Waals surface area (Å²) >= 11 is 0. The Morgan fingerprint density at radius 3 is 1.42 bits per heavy atom. The monoisotopic (exact) mass is 931 g/mol. The van der Waals surface area contributed by atoms with Crippen molar-refractivity contribution in [3.8, 4) is 0 Å². The van der Waals surface area contributed by atoms with Crippen LogP contribution in [0.15, 0.2) is 70.8 Å². The standard InChI is InChI=1S/C18H27N3.C17H26N2O2S.C16H25N3O2S/c1-16(2,3)21-11-8-17(9-12-21)14(19)13-5-4-10-20-15(13)18(17)6-7-18;1-16(2,3)19-10-8-17(9-11-19)12-22(20,21)14-7-5-4-6-13(14)15(17)18;1-15(2,3)19-9-6-16(7-10-19)11-22(20,21)14-12(13(16)17)5-4-8-18-14/h4-5,10,14H,6-9,11-12,19H2,1-3H3;4-7,15H,8-12,18H2,1-3H3;4-5,8,13H,6-7,9-11,17H2,1-3H3/t14-;15-;13-/m111/s1. The number of nitrogens with zero attached hydrogens (tertiary/aromatic N) is 5. The number of fused-ring (bicyclic) bond motifs is 5. The van der Waals surface area contributed by atoms with Crippen molar-refractivity contribution >= 4 is 19.7 Å². The molecule has 6 N–H and O–H groups in total. The fraction of sp³-hybridized carbons (Fsp3) is 0.686. The summed E-state index contributed by atoms with van der Waals surface area (Å²) in [6.45, 7) is 26.1. The number of piperidine rings is 3. The van der Waals surface area contributed by atoms with E-state index in [2.05, 4.69) is 94.1 Å². The Kier molecular flexibility index (Phi) is 12.5. The lowest BCUT2D eigenvalue weighted by Crippen LogP contribution is -2.55. The van der Waals surface area contributed by atoms with Crippen LogP contribution < -0.4 is 17.2 Å². The van der Waals surface area contributed by atoms with Gasteiger partial charge in [-0.05, 0) is 182 Å². The van der Waals surface area contributed by atoms with Gasteiger partial charge in [-0.1, -0.05) is 30.3 Å². The zero-order valence-corrected chi connectivity index (χ0v) is 42.4. The van der Waals surface area contributed by atoms with Crippen LogP contribution in [0.5, 0.6) is 0 Å². The first-order valence-corrected chi connectivity index (χ1v) is 27.5. The van der Waals surface area contributed by atoms with Gasteiger partial charge in [0.2, 0.25) is 0 Å². The van der Waals surface area contributed by atoms with Gasteiger partial charge in [-0.3, -0.25) is 19.7 Å². The van der Waals surface area contributed by atoms with E-state index < -0.39 is 19.7 Å². The van der Waals surface area contributed by atoms with Gasteiger partial charge in [0.05, 0.1) is 22.1 Å². The van der Waals surface area contributed by atoms with Crippen LogP contribution in [0.3, 0.4) is 0 Å². The summed E-state index contributed by atoms with van der Waals surface area (Å²) in [5.74, 6) is 0.319. The van der Waals surface area contributed by atoms with E-state index in [9.17, 15) is 16.8 Å². The van der Waals surface area contributed by atoms with Gasteiger partial charge in [0, 0.05) is 74.4 Å². The predicted molar refractivity (Wildman–Crippen MR) is 260 cm³/mol. The second-order valence-electron chi connectivity index (χ2n) is 23.8. The molecule has 4 spiro atoms. The fourth-order valence-electron chi connectivity index (χ4n) is 12.9. The molecule has 0 amide bonds. The summed E-state index contributed by atoms with van der Waals surface area (Å²) in [6.07, 6.45) is 11.8. The molecule has 0 bridgehead atoms. The average Bonchev–Trinajstić information content (AvgIpc) is 4.04. The van der Waals surface area contributed by atoms with E-state index in [4.69, 9.17) is 22.2 Å². The molecule has 1 aromatic carbocycles. The summed E-state index contributed by atoms with van der Waals surface area (Å²) in [7, 11) is -6.58. The lowest BCUT2D eigenvalue weighted by Gasteiger charge is -2.50. The van der Waals surface area contributed by atoms with Crippen LogP contribution >= 0.6 is 0 Å². The summed E-state index contributed by atoms with van der Waals surface area (Å²) in [5, 5.41) is 0.186. The average molecular weight is 931 g/mol. The number of benzene rings is 1. The van der Waals surface area contributed by atoms with Crippen LogP contribution in [0.25, 0.3) is 0 Å². The van der Waals surface area contributed by atoms with Crippen molar-refractivity contribution in [2.75, 3.05) is 50.8 Å². The molecule has 14 heteroatoms. The van der Waals surface area contributed by atoms with Gasteiger partial charge >= 0.3 is 0 Å². The van der Waals surface area contributed by atoms with Gasteiger partial charge in [-0.15, -0.1) is 0 Å². The zero-order chi connectivity index (χ0) is 47.2. The fourth-order valence-corrected chi connectivity index (χ4v) is 17.3. The SMILES string of the molecule is CC(C)(C)N1CCC2(CC1)CS(=O)(=O)c1ccccc1[C@H]2N.CC(C)(C)N1CCC2(CC1)CS(=O)(=O)c1ncccc1[C@H]2N.CC(C)(C)N1CCC2(CC1)[C@H](N)c1cccnc1C21CC1. The van der Waals surface area contributed by atoms with Gasteiger partial charge in [-0.25, -0.2) is 21.8 Å². The number of pyridine rings is 2. The molecule has 3 atom stereocenters. The number of hydrogen-bond donors (Lipinski definition) is 3. The van der Waals surface area contributed by atoms with Crippen molar-refractivity contribution < 1.29 is 16.8 Å². The minimum Gasteiger partial charge on any atom is -0.323 e. The van der Waals surface area contributed by atoms with E-state index in [1.807, 2.05) is 24.4 Å². The van der Waals surface area contributed by atoms with Gasteiger partial charge in [0.15, 0.2) is 24.7 Å². The molecule has 1 saturated carbocycles. The molecule has 3 aromatic rings. The van der Waals surface area contributed by atoms with E-state index in [1.54, 1.807) is 18.2 Å². The Morgan fingerprint density at radius 1 is 0.508 bits per heavy atom. The third kappa shape index (κ3) is 8.56. The maximum atomic E-state index is 12.7. The number of rotatable bonds is 0. The summed E-state index contributed by atoms with van der Waals surface area (Å²) in [5.41, 5.74) is 24.4. The van der Waals surface area contributed by atoms with Crippen molar-refractivity contribution in [2.24, 2.45) is 33.4 Å². The highest BCUT2D eigenvalue weighted by Crippen LogP contribution is 2.72. The summed E-state index contributed by atoms with van der Waals surface area (Å²) in [4.78, 5) is 16.7. The Bertz CT molecular complexity index is 2330. The minimum atomic E-state index is -3.35. The Hall–Kier alpha value is -2.82. The Labute approximate surface area is 390 Å². The summed E-state index contributed by atoms with van der Waals surface area (Å²) in [6, 6.07) is 14.9.